The molecule has 3 N–H and O–H groups in total. The fourth-order valence-electron chi connectivity index (χ4n) is 1.62. The number of nitrogens with one attached hydrogen (secondary N) is 1. The van der Waals surface area contributed by atoms with E-state index >= 15 is 0 Å². The molecule has 0 bridgehead atoms. The Morgan fingerprint density at radius 2 is 2.05 bits per heavy atom. The number of rotatable bonds is 3. The van der Waals surface area contributed by atoms with Crippen LogP contribution in [0.5, 0.6) is 0 Å². The highest BCUT2D eigenvalue weighted by Gasteiger charge is 2.20. The van der Waals surface area contributed by atoms with Gasteiger partial charge < -0.3 is 5.73 Å². The van der Waals surface area contributed by atoms with Gasteiger partial charge in [-0.05, 0) is 25.1 Å². The Morgan fingerprint density at radius 3 is 2.63 bits per heavy atom. The Balaban J connectivity index is 2.43. The van der Waals surface area contributed by atoms with Gasteiger partial charge in [-0.3, -0.25) is 9.40 Å². The molecule has 1 aromatic heterocycles. The maximum atomic E-state index is 12.2. The summed E-state index contributed by atoms with van der Waals surface area (Å²) in [6, 6.07) is 5.92. The van der Waals surface area contributed by atoms with Gasteiger partial charge in [0.05, 0.1) is 10.7 Å². The first-order valence-electron chi connectivity index (χ1n) is 5.38. The van der Waals surface area contributed by atoms with Crippen molar-refractivity contribution in [1.82, 2.24) is 9.78 Å². The second kappa shape index (κ2) is 4.75. The molecule has 0 spiro atoms. The first kappa shape index (κ1) is 13.7. The summed E-state index contributed by atoms with van der Waals surface area (Å²) in [5.41, 5.74) is 6.62. The van der Waals surface area contributed by atoms with E-state index in [1.165, 1.54) is 22.9 Å². The number of hydrogen-bond donors (Lipinski definition) is 2. The van der Waals surface area contributed by atoms with E-state index in [9.17, 15) is 8.42 Å². The second-order valence-corrected chi connectivity index (χ2v) is 6.15. The van der Waals surface area contributed by atoms with E-state index < -0.39 is 10.0 Å². The van der Waals surface area contributed by atoms with Gasteiger partial charge in [-0.25, -0.2) is 8.42 Å². The van der Waals surface area contributed by atoms with Gasteiger partial charge in [-0.1, -0.05) is 11.6 Å². The Hall–Kier alpha value is -1.73. The van der Waals surface area contributed by atoms with E-state index in [1.807, 2.05) is 0 Å². The van der Waals surface area contributed by atoms with Crippen LogP contribution < -0.4 is 10.5 Å². The van der Waals surface area contributed by atoms with E-state index in [0.29, 0.717) is 17.2 Å². The standard InChI is InChI=1S/C11H13ClN4O2S/c1-7-5-11(16(2)14-7)15-19(17,18)10-6-8(13)3-4-9(10)12/h3-6,15H,13H2,1-2H3. The van der Waals surface area contributed by atoms with Crippen LogP contribution in [0.15, 0.2) is 29.2 Å². The Bertz CT molecular complexity index is 724. The van der Waals surface area contributed by atoms with Gasteiger partial charge in [0.2, 0.25) is 0 Å². The maximum absolute atomic E-state index is 12.2. The van der Waals surface area contributed by atoms with Crippen LogP contribution in [0.1, 0.15) is 5.69 Å². The van der Waals surface area contributed by atoms with Crippen molar-refractivity contribution in [3.05, 3.63) is 35.0 Å². The largest absolute Gasteiger partial charge is 0.399 e. The number of nitrogens with zero attached hydrogens (tertiary/aromatic N) is 2. The molecular formula is C11H13ClN4O2S. The summed E-state index contributed by atoms with van der Waals surface area (Å²) in [7, 11) is -2.15. The number of nitrogens with two attached hydrogens (primary N) is 1. The average molecular weight is 301 g/mol. The smallest absolute Gasteiger partial charge is 0.264 e. The van der Waals surface area contributed by atoms with Gasteiger partial charge in [0, 0.05) is 18.8 Å². The molecule has 0 amide bonds. The lowest BCUT2D eigenvalue weighted by Gasteiger charge is -2.09. The minimum atomic E-state index is -3.80. The van der Waals surface area contributed by atoms with Gasteiger partial charge in [-0.2, -0.15) is 5.10 Å². The molecule has 8 heteroatoms. The summed E-state index contributed by atoms with van der Waals surface area (Å²) in [5.74, 6) is 0.357. The third-order valence-corrected chi connectivity index (χ3v) is 4.32. The lowest BCUT2D eigenvalue weighted by Crippen LogP contribution is -2.16. The lowest BCUT2D eigenvalue weighted by molar-refractivity contribution is 0.600. The fraction of sp³-hybridized carbons (Fsp3) is 0.182. The van der Waals surface area contributed by atoms with Crippen molar-refractivity contribution in [3.8, 4) is 0 Å². The summed E-state index contributed by atoms with van der Waals surface area (Å²) in [5, 5.41) is 4.17. The van der Waals surface area contributed by atoms with Crippen molar-refractivity contribution in [2.24, 2.45) is 7.05 Å². The SMILES string of the molecule is Cc1cc(NS(=O)(=O)c2cc(N)ccc2Cl)n(C)n1. The number of hydrogen-bond acceptors (Lipinski definition) is 4. The minimum Gasteiger partial charge on any atom is -0.399 e. The molecule has 2 aromatic rings. The van der Waals surface area contributed by atoms with E-state index in [4.69, 9.17) is 17.3 Å². The first-order valence-corrected chi connectivity index (χ1v) is 7.24. The second-order valence-electron chi connectivity index (χ2n) is 4.09. The minimum absolute atomic E-state index is 0.0620. The van der Waals surface area contributed by atoms with Gasteiger partial charge in [-0.15, -0.1) is 0 Å². The monoisotopic (exact) mass is 300 g/mol. The topological polar surface area (TPSA) is 90.0 Å². The molecule has 0 fully saturated rings. The predicted octanol–water partition coefficient (Wildman–Crippen LogP) is 1.76. The number of halogens is 1. The first-order chi connectivity index (χ1) is 8.79. The van der Waals surface area contributed by atoms with Crippen molar-refractivity contribution in [2.45, 2.75) is 11.8 Å². The fourth-order valence-corrected chi connectivity index (χ4v) is 3.24. The molecule has 0 aliphatic rings. The number of aromatic nitrogens is 2. The van der Waals surface area contributed by atoms with Gasteiger partial charge in [0.1, 0.15) is 10.7 Å². The molecule has 102 valence electrons. The molecule has 6 nitrogen and oxygen atoms in total. The zero-order chi connectivity index (χ0) is 14.2. The van der Waals surface area contributed by atoms with Crippen LogP contribution in [0.3, 0.4) is 0 Å². The predicted molar refractivity (Wildman–Crippen MR) is 74.6 cm³/mol. The zero-order valence-corrected chi connectivity index (χ0v) is 12.0. The molecule has 1 heterocycles. The van der Waals surface area contributed by atoms with Crippen molar-refractivity contribution >= 4 is 33.1 Å². The van der Waals surface area contributed by atoms with Gasteiger partial charge in [0.15, 0.2) is 0 Å². The van der Waals surface area contributed by atoms with Crippen LogP contribution in [0.2, 0.25) is 5.02 Å². The molecule has 0 saturated carbocycles. The number of aryl methyl sites for hydroxylation is 2. The van der Waals surface area contributed by atoms with Crippen LogP contribution in [-0.2, 0) is 17.1 Å². The molecule has 0 aliphatic heterocycles. The molecule has 0 atom stereocenters. The summed E-state index contributed by atoms with van der Waals surface area (Å²) in [6.45, 7) is 1.77. The number of nitrogen functional groups attached to an aromatic ring is 1. The Labute approximate surface area is 116 Å². The van der Waals surface area contributed by atoms with Crippen LogP contribution >= 0.6 is 11.6 Å². The van der Waals surface area contributed by atoms with Crippen LogP contribution in [-0.4, -0.2) is 18.2 Å². The quantitative estimate of drug-likeness (QED) is 0.845. The summed E-state index contributed by atoms with van der Waals surface area (Å²) in [4.78, 5) is -0.0620. The van der Waals surface area contributed by atoms with E-state index in [-0.39, 0.29) is 9.92 Å². The summed E-state index contributed by atoms with van der Waals surface area (Å²) < 4.78 is 28.3. The molecule has 1 aromatic carbocycles. The molecular weight excluding hydrogens is 288 g/mol. The normalized spacial score (nSPS) is 11.5. The summed E-state index contributed by atoms with van der Waals surface area (Å²) in [6.07, 6.45) is 0. The highest BCUT2D eigenvalue weighted by molar-refractivity contribution is 7.92. The van der Waals surface area contributed by atoms with Crippen LogP contribution in [0.25, 0.3) is 0 Å². The van der Waals surface area contributed by atoms with Crippen molar-refractivity contribution < 1.29 is 8.42 Å². The average Bonchev–Trinajstić information content (AvgIpc) is 2.60. The number of sulfonamides is 1. The van der Waals surface area contributed by atoms with E-state index in [2.05, 4.69) is 9.82 Å². The molecule has 0 radical (unpaired) electrons. The number of benzene rings is 1. The van der Waals surface area contributed by atoms with E-state index in [0.717, 1.165) is 0 Å². The van der Waals surface area contributed by atoms with Crippen molar-refractivity contribution in [3.63, 3.8) is 0 Å². The molecule has 0 saturated heterocycles. The maximum Gasteiger partial charge on any atom is 0.264 e. The molecule has 2 rings (SSSR count). The molecule has 0 aliphatic carbocycles. The van der Waals surface area contributed by atoms with E-state index in [1.54, 1.807) is 20.0 Å². The van der Waals surface area contributed by atoms with Crippen molar-refractivity contribution in [1.29, 1.82) is 0 Å². The lowest BCUT2D eigenvalue weighted by atomic mass is 10.3. The van der Waals surface area contributed by atoms with Crippen molar-refractivity contribution in [2.75, 3.05) is 10.5 Å². The Morgan fingerprint density at radius 1 is 1.37 bits per heavy atom. The molecule has 19 heavy (non-hydrogen) atoms. The highest BCUT2D eigenvalue weighted by Crippen LogP contribution is 2.25. The highest BCUT2D eigenvalue weighted by atomic mass is 35.5. The zero-order valence-electron chi connectivity index (χ0n) is 10.4. The summed E-state index contributed by atoms with van der Waals surface area (Å²) >= 11 is 5.89. The molecule has 0 unspecified atom stereocenters. The third-order valence-electron chi connectivity index (χ3n) is 2.49. The van der Waals surface area contributed by atoms with Crippen LogP contribution in [0, 0.1) is 6.92 Å². The van der Waals surface area contributed by atoms with Gasteiger partial charge in [0.25, 0.3) is 10.0 Å². The van der Waals surface area contributed by atoms with Crippen LogP contribution in [0.4, 0.5) is 11.5 Å². The number of anilines is 2. The van der Waals surface area contributed by atoms with Gasteiger partial charge >= 0.3 is 0 Å². The Kier molecular flexibility index (Phi) is 3.42. The third kappa shape index (κ3) is 2.82.